The summed E-state index contributed by atoms with van der Waals surface area (Å²) < 4.78 is 5.22. The van der Waals surface area contributed by atoms with Crippen molar-refractivity contribution in [2.24, 2.45) is 0 Å². The summed E-state index contributed by atoms with van der Waals surface area (Å²) in [4.78, 5) is 2.45. The molecule has 110 valence electrons. The molecular weight excluding hydrogens is 248 g/mol. The molecule has 1 saturated heterocycles. The zero-order valence-corrected chi connectivity index (χ0v) is 12.6. The molecule has 3 rings (SSSR count). The van der Waals surface area contributed by atoms with Crippen molar-refractivity contribution < 1.29 is 4.74 Å². The number of hydrogen-bond acceptors (Lipinski definition) is 3. The number of likely N-dealkylation sites (N-methyl/N-ethyl adjacent to an activating group) is 1. The molecular formula is C17H26N2O. The van der Waals surface area contributed by atoms with Gasteiger partial charge in [0.15, 0.2) is 0 Å². The van der Waals surface area contributed by atoms with E-state index in [1.54, 1.807) is 7.11 Å². The summed E-state index contributed by atoms with van der Waals surface area (Å²) >= 11 is 0. The molecule has 20 heavy (non-hydrogen) atoms. The zero-order chi connectivity index (χ0) is 13.9. The molecule has 3 nitrogen and oxygen atoms in total. The number of benzene rings is 1. The highest BCUT2D eigenvalue weighted by Gasteiger charge is 2.32. The number of methoxy groups -OCH3 is 1. The minimum absolute atomic E-state index is 0.704. The third-order valence-corrected chi connectivity index (χ3v) is 4.82. The van der Waals surface area contributed by atoms with Gasteiger partial charge in [0.25, 0.3) is 0 Å². The predicted octanol–water partition coefficient (Wildman–Crippen LogP) is 2.63. The van der Waals surface area contributed by atoms with Crippen LogP contribution < -0.4 is 10.1 Å². The van der Waals surface area contributed by atoms with Crippen LogP contribution in [0.25, 0.3) is 0 Å². The van der Waals surface area contributed by atoms with Crippen LogP contribution in [-0.2, 0) is 0 Å². The minimum atomic E-state index is 0.704. The van der Waals surface area contributed by atoms with E-state index in [2.05, 4.69) is 41.5 Å². The van der Waals surface area contributed by atoms with E-state index in [1.807, 2.05) is 0 Å². The van der Waals surface area contributed by atoms with Crippen LogP contribution in [0.15, 0.2) is 24.3 Å². The molecule has 1 aliphatic heterocycles. The fraction of sp³-hybridized carbons (Fsp3) is 0.647. The zero-order valence-electron chi connectivity index (χ0n) is 12.6. The monoisotopic (exact) mass is 274 g/mol. The highest BCUT2D eigenvalue weighted by atomic mass is 16.5. The van der Waals surface area contributed by atoms with Gasteiger partial charge in [-0.05, 0) is 62.9 Å². The summed E-state index contributed by atoms with van der Waals surface area (Å²) in [5.41, 5.74) is 1.46. The lowest BCUT2D eigenvalue weighted by Gasteiger charge is -2.41. The number of piperidine rings is 1. The Morgan fingerprint density at radius 2 is 1.90 bits per heavy atom. The van der Waals surface area contributed by atoms with Gasteiger partial charge in [0.2, 0.25) is 0 Å². The Hall–Kier alpha value is -1.06. The minimum Gasteiger partial charge on any atom is -0.497 e. The second kappa shape index (κ2) is 6.15. The van der Waals surface area contributed by atoms with Gasteiger partial charge in [-0.25, -0.2) is 0 Å². The molecule has 1 heterocycles. The quantitative estimate of drug-likeness (QED) is 0.913. The van der Waals surface area contributed by atoms with Crippen LogP contribution in [0.1, 0.15) is 37.2 Å². The third kappa shape index (κ3) is 3.15. The molecule has 0 bridgehead atoms. The fourth-order valence-electron chi connectivity index (χ4n) is 3.54. The van der Waals surface area contributed by atoms with E-state index < -0.39 is 0 Å². The Kier molecular flexibility index (Phi) is 4.27. The van der Waals surface area contributed by atoms with Gasteiger partial charge in [0.05, 0.1) is 7.11 Å². The van der Waals surface area contributed by atoms with Gasteiger partial charge in [-0.2, -0.15) is 0 Å². The topological polar surface area (TPSA) is 24.5 Å². The lowest BCUT2D eigenvalue weighted by Crippen LogP contribution is -2.51. The van der Waals surface area contributed by atoms with Crippen molar-refractivity contribution in [3.05, 3.63) is 29.8 Å². The van der Waals surface area contributed by atoms with Crippen molar-refractivity contribution in [1.82, 2.24) is 10.2 Å². The first-order valence-corrected chi connectivity index (χ1v) is 7.83. The standard InChI is InChI=1S/C17H26N2O/c1-19-9-3-4-15(12-19)18-16-10-14(11-16)13-5-7-17(20-2)8-6-13/h5-8,14-16,18H,3-4,9-12H2,1-2H3. The largest absolute Gasteiger partial charge is 0.497 e. The molecule has 3 heteroatoms. The van der Waals surface area contributed by atoms with Crippen LogP contribution in [0.5, 0.6) is 5.75 Å². The summed E-state index contributed by atoms with van der Waals surface area (Å²) in [5.74, 6) is 1.69. The van der Waals surface area contributed by atoms with Crippen molar-refractivity contribution in [2.75, 3.05) is 27.2 Å². The Morgan fingerprint density at radius 3 is 2.55 bits per heavy atom. The molecule has 2 aliphatic rings. The summed E-state index contributed by atoms with van der Waals surface area (Å²) in [5, 5.41) is 3.84. The van der Waals surface area contributed by atoms with Crippen molar-refractivity contribution in [1.29, 1.82) is 0 Å². The SMILES string of the molecule is COc1ccc(C2CC(NC3CCCN(C)C3)C2)cc1. The third-order valence-electron chi connectivity index (χ3n) is 4.82. The number of rotatable bonds is 4. The number of nitrogens with one attached hydrogen (secondary N) is 1. The van der Waals surface area contributed by atoms with Crippen LogP contribution in [0.2, 0.25) is 0 Å². The number of nitrogens with zero attached hydrogens (tertiary/aromatic N) is 1. The smallest absolute Gasteiger partial charge is 0.118 e. The average molecular weight is 274 g/mol. The van der Waals surface area contributed by atoms with Crippen LogP contribution in [-0.4, -0.2) is 44.2 Å². The van der Waals surface area contributed by atoms with Gasteiger partial charge in [0.1, 0.15) is 5.75 Å². The van der Waals surface area contributed by atoms with E-state index in [-0.39, 0.29) is 0 Å². The molecule has 0 spiro atoms. The molecule has 1 aromatic rings. The van der Waals surface area contributed by atoms with Crippen LogP contribution in [0, 0.1) is 0 Å². The molecule has 2 fully saturated rings. The fourth-order valence-corrected chi connectivity index (χ4v) is 3.54. The van der Waals surface area contributed by atoms with E-state index >= 15 is 0 Å². The van der Waals surface area contributed by atoms with E-state index in [4.69, 9.17) is 4.74 Å². The summed E-state index contributed by atoms with van der Waals surface area (Å²) in [6.07, 6.45) is 5.25. The molecule has 1 aromatic carbocycles. The predicted molar refractivity (Wildman–Crippen MR) is 82.4 cm³/mol. The number of ether oxygens (including phenoxy) is 1. The first-order chi connectivity index (χ1) is 9.74. The Balaban J connectivity index is 1.46. The average Bonchev–Trinajstić information content (AvgIpc) is 2.43. The van der Waals surface area contributed by atoms with Crippen LogP contribution in [0.4, 0.5) is 0 Å². The van der Waals surface area contributed by atoms with Gasteiger partial charge in [-0.3, -0.25) is 0 Å². The molecule has 0 amide bonds. The van der Waals surface area contributed by atoms with Gasteiger partial charge in [-0.15, -0.1) is 0 Å². The number of hydrogen-bond donors (Lipinski definition) is 1. The Morgan fingerprint density at radius 1 is 1.15 bits per heavy atom. The Labute approximate surface area is 122 Å². The van der Waals surface area contributed by atoms with E-state index in [1.165, 1.54) is 44.3 Å². The summed E-state index contributed by atoms with van der Waals surface area (Å²) in [7, 11) is 3.95. The maximum Gasteiger partial charge on any atom is 0.118 e. The maximum atomic E-state index is 5.22. The van der Waals surface area contributed by atoms with Crippen molar-refractivity contribution in [3.63, 3.8) is 0 Å². The van der Waals surface area contributed by atoms with Gasteiger partial charge < -0.3 is 15.0 Å². The van der Waals surface area contributed by atoms with E-state index in [9.17, 15) is 0 Å². The molecule has 1 unspecified atom stereocenters. The molecule has 1 aliphatic carbocycles. The number of likely N-dealkylation sites (tertiary alicyclic amines) is 1. The Bertz CT molecular complexity index is 425. The molecule has 1 N–H and O–H groups in total. The molecule has 0 radical (unpaired) electrons. The maximum absolute atomic E-state index is 5.22. The lowest BCUT2D eigenvalue weighted by molar-refractivity contribution is 0.185. The molecule has 0 aromatic heterocycles. The van der Waals surface area contributed by atoms with E-state index in [0.29, 0.717) is 6.04 Å². The lowest BCUT2D eigenvalue weighted by atomic mass is 9.75. The van der Waals surface area contributed by atoms with Crippen LogP contribution in [0.3, 0.4) is 0 Å². The second-order valence-electron chi connectivity index (χ2n) is 6.41. The van der Waals surface area contributed by atoms with Gasteiger partial charge >= 0.3 is 0 Å². The second-order valence-corrected chi connectivity index (χ2v) is 6.41. The highest BCUT2D eigenvalue weighted by Crippen LogP contribution is 2.37. The van der Waals surface area contributed by atoms with Crippen molar-refractivity contribution >= 4 is 0 Å². The normalized spacial score (nSPS) is 30.8. The first-order valence-electron chi connectivity index (χ1n) is 7.83. The molecule has 1 atom stereocenters. The van der Waals surface area contributed by atoms with Gasteiger partial charge in [0, 0.05) is 18.6 Å². The van der Waals surface area contributed by atoms with Crippen molar-refractivity contribution in [2.45, 2.75) is 43.7 Å². The van der Waals surface area contributed by atoms with Crippen LogP contribution >= 0.6 is 0 Å². The van der Waals surface area contributed by atoms with Crippen molar-refractivity contribution in [3.8, 4) is 5.75 Å². The van der Waals surface area contributed by atoms with E-state index in [0.717, 1.165) is 17.7 Å². The molecule has 1 saturated carbocycles. The highest BCUT2D eigenvalue weighted by molar-refractivity contribution is 5.30. The summed E-state index contributed by atoms with van der Waals surface area (Å²) in [6.45, 7) is 2.47. The summed E-state index contributed by atoms with van der Waals surface area (Å²) in [6, 6.07) is 10.0. The van der Waals surface area contributed by atoms with Gasteiger partial charge in [-0.1, -0.05) is 12.1 Å². The first kappa shape index (κ1) is 13.9.